The van der Waals surface area contributed by atoms with Gasteiger partial charge in [0.1, 0.15) is 17.5 Å². The van der Waals surface area contributed by atoms with Crippen LogP contribution in [0.5, 0.6) is 11.5 Å². The SMILES string of the molecule is CCCCOC(=O)[C@H](C)NP(=O)(Oc1ccccc1)Oc1ccc([N+](=O)[O-])cc1. The molecular formula is C19H23N2O7P. The summed E-state index contributed by atoms with van der Waals surface area (Å²) in [6.07, 6.45) is 1.59. The molecule has 0 radical (unpaired) electrons. The number of nitro groups is 1. The van der Waals surface area contributed by atoms with Crippen LogP contribution in [-0.2, 0) is 14.1 Å². The van der Waals surface area contributed by atoms with E-state index in [1.165, 1.54) is 31.2 Å². The molecule has 2 atom stereocenters. The molecule has 0 aliphatic carbocycles. The molecule has 0 aliphatic rings. The largest absolute Gasteiger partial charge is 0.513 e. The summed E-state index contributed by atoms with van der Waals surface area (Å²) in [5.41, 5.74) is -0.142. The number of nitrogens with one attached hydrogen (secondary N) is 1. The van der Waals surface area contributed by atoms with E-state index in [-0.39, 0.29) is 23.8 Å². The zero-order valence-corrected chi connectivity index (χ0v) is 17.0. The molecule has 2 rings (SSSR count). The molecule has 2 aromatic rings. The van der Waals surface area contributed by atoms with E-state index in [0.717, 1.165) is 12.8 Å². The maximum Gasteiger partial charge on any atom is 0.513 e. The summed E-state index contributed by atoms with van der Waals surface area (Å²) in [7, 11) is -4.07. The summed E-state index contributed by atoms with van der Waals surface area (Å²) < 4.78 is 29.4. The third kappa shape index (κ3) is 7.21. The van der Waals surface area contributed by atoms with Crippen molar-refractivity contribution in [1.29, 1.82) is 0 Å². The van der Waals surface area contributed by atoms with Crippen LogP contribution in [0.3, 0.4) is 0 Å². The van der Waals surface area contributed by atoms with Gasteiger partial charge in [0.05, 0.1) is 11.5 Å². The molecule has 2 aromatic carbocycles. The van der Waals surface area contributed by atoms with Gasteiger partial charge in [0.2, 0.25) is 0 Å². The first-order valence-corrected chi connectivity index (χ1v) is 10.6. The van der Waals surface area contributed by atoms with Crippen LogP contribution in [0.4, 0.5) is 5.69 Å². The standard InChI is InChI=1S/C19H23N2O7P/c1-3-4-14-26-19(22)15(2)20-29(25,27-17-8-6-5-7-9-17)28-18-12-10-16(11-13-18)21(23)24/h5-13,15H,3-4,14H2,1-2H3,(H,20,25)/t15-,29?/m0/s1. The maximum absolute atomic E-state index is 13.3. The van der Waals surface area contributed by atoms with Gasteiger partial charge in [-0.05, 0) is 37.6 Å². The number of nitro benzene ring substituents is 1. The lowest BCUT2D eigenvalue weighted by Crippen LogP contribution is -2.36. The lowest BCUT2D eigenvalue weighted by molar-refractivity contribution is -0.384. The zero-order chi connectivity index (χ0) is 21.3. The highest BCUT2D eigenvalue weighted by Gasteiger charge is 2.33. The van der Waals surface area contributed by atoms with Crippen molar-refractivity contribution in [2.45, 2.75) is 32.7 Å². The lowest BCUT2D eigenvalue weighted by Gasteiger charge is -2.23. The first-order valence-electron chi connectivity index (χ1n) is 9.06. The van der Waals surface area contributed by atoms with Crippen LogP contribution in [0.1, 0.15) is 26.7 Å². The second-order valence-electron chi connectivity index (χ2n) is 6.12. The Morgan fingerprint density at radius 1 is 1.10 bits per heavy atom. The lowest BCUT2D eigenvalue weighted by atomic mass is 10.3. The van der Waals surface area contributed by atoms with Crippen LogP contribution in [0, 0.1) is 10.1 Å². The minimum atomic E-state index is -4.07. The average molecular weight is 422 g/mol. The molecule has 0 fully saturated rings. The van der Waals surface area contributed by atoms with Crippen molar-refractivity contribution in [3.05, 3.63) is 64.7 Å². The van der Waals surface area contributed by atoms with E-state index in [2.05, 4.69) is 5.09 Å². The second kappa shape index (κ2) is 10.6. The molecule has 0 heterocycles. The van der Waals surface area contributed by atoms with Crippen LogP contribution < -0.4 is 14.1 Å². The molecule has 1 unspecified atom stereocenters. The number of rotatable bonds is 11. The van der Waals surface area contributed by atoms with Gasteiger partial charge in [-0.1, -0.05) is 31.5 Å². The van der Waals surface area contributed by atoms with Crippen molar-refractivity contribution in [1.82, 2.24) is 5.09 Å². The van der Waals surface area contributed by atoms with E-state index in [1.54, 1.807) is 30.3 Å². The molecule has 0 spiro atoms. The summed E-state index contributed by atoms with van der Waals surface area (Å²) in [6, 6.07) is 12.3. The quantitative estimate of drug-likeness (QED) is 0.185. The van der Waals surface area contributed by atoms with Crippen LogP contribution in [0.15, 0.2) is 54.6 Å². The highest BCUT2D eigenvalue weighted by Crippen LogP contribution is 2.45. The zero-order valence-electron chi connectivity index (χ0n) is 16.1. The fourth-order valence-corrected chi connectivity index (χ4v) is 3.71. The molecule has 0 aliphatic heterocycles. The number of benzene rings is 2. The van der Waals surface area contributed by atoms with Gasteiger partial charge in [-0.2, -0.15) is 5.09 Å². The molecule has 156 valence electrons. The van der Waals surface area contributed by atoms with E-state index >= 15 is 0 Å². The highest BCUT2D eigenvalue weighted by molar-refractivity contribution is 7.52. The Labute approximate surface area is 168 Å². The number of hydrogen-bond acceptors (Lipinski definition) is 7. The van der Waals surface area contributed by atoms with Gasteiger partial charge in [-0.15, -0.1) is 0 Å². The van der Waals surface area contributed by atoms with Crippen LogP contribution in [0.25, 0.3) is 0 Å². The van der Waals surface area contributed by atoms with Crippen molar-refractivity contribution in [3.63, 3.8) is 0 Å². The van der Waals surface area contributed by atoms with Crippen LogP contribution in [-0.4, -0.2) is 23.5 Å². The number of nitrogens with zero attached hydrogens (tertiary/aromatic N) is 1. The maximum atomic E-state index is 13.3. The average Bonchev–Trinajstić information content (AvgIpc) is 2.69. The monoisotopic (exact) mass is 422 g/mol. The molecule has 10 heteroatoms. The number of ether oxygens (including phenoxy) is 1. The topological polar surface area (TPSA) is 117 Å². The molecule has 1 N–H and O–H groups in total. The van der Waals surface area contributed by atoms with Crippen LogP contribution in [0.2, 0.25) is 0 Å². The van der Waals surface area contributed by atoms with E-state index in [1.807, 2.05) is 6.92 Å². The van der Waals surface area contributed by atoms with Gasteiger partial charge in [0, 0.05) is 12.1 Å². The number of unbranched alkanes of at least 4 members (excludes halogenated alkanes) is 1. The normalized spacial score (nSPS) is 13.7. The fraction of sp³-hybridized carbons (Fsp3) is 0.316. The molecule has 9 nitrogen and oxygen atoms in total. The summed E-state index contributed by atoms with van der Waals surface area (Å²) in [5.74, 6) is -0.256. The Morgan fingerprint density at radius 2 is 1.69 bits per heavy atom. The fourth-order valence-electron chi connectivity index (χ4n) is 2.19. The van der Waals surface area contributed by atoms with Gasteiger partial charge in [-0.3, -0.25) is 14.9 Å². The second-order valence-corrected chi connectivity index (χ2v) is 7.73. The molecule has 0 bridgehead atoms. The Balaban J connectivity index is 2.17. The van der Waals surface area contributed by atoms with Gasteiger partial charge >= 0.3 is 13.7 Å². The smallest absolute Gasteiger partial charge is 0.465 e. The first kappa shape index (κ1) is 22.4. The van der Waals surface area contributed by atoms with E-state index in [9.17, 15) is 19.5 Å². The summed E-state index contributed by atoms with van der Waals surface area (Å²) in [4.78, 5) is 22.4. The van der Waals surface area contributed by atoms with E-state index in [0.29, 0.717) is 0 Å². The first-order chi connectivity index (χ1) is 13.8. The minimum Gasteiger partial charge on any atom is -0.465 e. The number of non-ortho nitro benzene ring substituents is 1. The summed E-state index contributed by atoms with van der Waals surface area (Å²) in [6.45, 7) is 3.71. The number of hydrogen-bond donors (Lipinski definition) is 1. The Kier molecular flexibility index (Phi) is 8.18. The van der Waals surface area contributed by atoms with E-state index in [4.69, 9.17) is 13.8 Å². The van der Waals surface area contributed by atoms with Crippen molar-refractivity contribution in [2.24, 2.45) is 0 Å². The van der Waals surface area contributed by atoms with Gasteiger partial charge in [0.25, 0.3) is 5.69 Å². The van der Waals surface area contributed by atoms with E-state index < -0.39 is 24.7 Å². The third-order valence-corrected chi connectivity index (χ3v) is 5.30. The molecule has 0 aromatic heterocycles. The summed E-state index contributed by atoms with van der Waals surface area (Å²) >= 11 is 0. The molecular weight excluding hydrogens is 399 g/mol. The van der Waals surface area contributed by atoms with Crippen molar-refractivity contribution in [2.75, 3.05) is 6.61 Å². The van der Waals surface area contributed by atoms with Crippen molar-refractivity contribution in [3.8, 4) is 11.5 Å². The van der Waals surface area contributed by atoms with Crippen molar-refractivity contribution >= 4 is 19.4 Å². The highest BCUT2D eigenvalue weighted by atomic mass is 31.2. The number of para-hydroxylation sites is 1. The van der Waals surface area contributed by atoms with Gasteiger partial charge in [-0.25, -0.2) is 4.57 Å². The van der Waals surface area contributed by atoms with Crippen LogP contribution >= 0.6 is 7.75 Å². The molecule has 0 amide bonds. The molecule has 29 heavy (non-hydrogen) atoms. The minimum absolute atomic E-state index is 0.0777. The Hall–Kier alpha value is -2.90. The number of carbonyl (C=O) groups is 1. The Morgan fingerprint density at radius 3 is 2.24 bits per heavy atom. The molecule has 0 saturated carbocycles. The van der Waals surface area contributed by atoms with Crippen molar-refractivity contribution < 1.29 is 28.1 Å². The number of esters is 1. The predicted octanol–water partition coefficient (Wildman–Crippen LogP) is 4.48. The van der Waals surface area contributed by atoms with Gasteiger partial charge in [0.15, 0.2) is 0 Å². The Bertz CT molecular complexity index is 859. The van der Waals surface area contributed by atoms with Gasteiger partial charge < -0.3 is 13.8 Å². The third-order valence-electron chi connectivity index (χ3n) is 3.69. The molecule has 0 saturated heterocycles. The number of carbonyl (C=O) groups excluding carboxylic acids is 1. The predicted molar refractivity (Wildman–Crippen MR) is 107 cm³/mol. The summed E-state index contributed by atoms with van der Waals surface area (Å²) in [5, 5.41) is 13.3.